The largest absolute Gasteiger partial charge is 0.455 e. The number of likely N-dealkylation sites (tertiary alicyclic amines) is 1. The molecule has 5 rings (SSSR count). The molecule has 0 radical (unpaired) electrons. The number of hydrogen-bond donors (Lipinski definition) is 1. The molecule has 12 heteroatoms. The highest BCUT2D eigenvalue weighted by molar-refractivity contribution is 5.96. The van der Waals surface area contributed by atoms with Gasteiger partial charge in [0, 0.05) is 51.3 Å². The molecule has 2 fully saturated rings. The normalized spacial score (nSPS) is 22.5. The summed E-state index contributed by atoms with van der Waals surface area (Å²) in [5, 5.41) is 7.07. The summed E-state index contributed by atoms with van der Waals surface area (Å²) in [7, 11) is 0. The van der Waals surface area contributed by atoms with Crippen LogP contribution in [0.15, 0.2) is 10.6 Å². The Bertz CT molecular complexity index is 1160. The number of halogens is 3. The quantitative estimate of drug-likeness (QED) is 0.645. The van der Waals surface area contributed by atoms with E-state index in [4.69, 9.17) is 13.9 Å². The summed E-state index contributed by atoms with van der Waals surface area (Å²) >= 11 is 0. The van der Waals surface area contributed by atoms with Gasteiger partial charge >= 0.3 is 6.18 Å². The van der Waals surface area contributed by atoms with Gasteiger partial charge in [-0.3, -0.25) is 14.3 Å². The maximum atomic E-state index is 14.3. The van der Waals surface area contributed by atoms with Crippen LogP contribution in [0.25, 0.3) is 11.3 Å². The first-order valence-electron chi connectivity index (χ1n) is 12.7. The predicted molar refractivity (Wildman–Crippen MR) is 125 cm³/mol. The van der Waals surface area contributed by atoms with Gasteiger partial charge in [-0.05, 0) is 24.7 Å². The molecule has 2 amide bonds. The second kappa shape index (κ2) is 10.1. The molecule has 9 nitrogen and oxygen atoms in total. The molecule has 1 aliphatic carbocycles. The van der Waals surface area contributed by atoms with Crippen molar-refractivity contribution in [2.24, 2.45) is 5.92 Å². The van der Waals surface area contributed by atoms with E-state index in [1.165, 1.54) is 0 Å². The minimum absolute atomic E-state index is 0.0141. The molecular formula is C25H31F3N4O5. The van der Waals surface area contributed by atoms with Gasteiger partial charge in [0.2, 0.25) is 11.7 Å². The first-order chi connectivity index (χ1) is 17.6. The molecule has 0 bridgehead atoms. The summed E-state index contributed by atoms with van der Waals surface area (Å²) < 4.78 is 61.1. The molecular weight excluding hydrogens is 493 g/mol. The van der Waals surface area contributed by atoms with Gasteiger partial charge in [0.1, 0.15) is 11.3 Å². The Hall–Kier alpha value is -2.86. The number of piperidine rings is 1. The van der Waals surface area contributed by atoms with Crippen LogP contribution in [0.4, 0.5) is 13.2 Å². The summed E-state index contributed by atoms with van der Waals surface area (Å²) in [6.07, 6.45) is -1.57. The van der Waals surface area contributed by atoms with Crippen LogP contribution in [0.3, 0.4) is 0 Å². The van der Waals surface area contributed by atoms with Crippen LogP contribution in [0.1, 0.15) is 60.0 Å². The number of alkyl halides is 3. The van der Waals surface area contributed by atoms with Crippen molar-refractivity contribution in [3.05, 3.63) is 28.8 Å². The zero-order valence-corrected chi connectivity index (χ0v) is 20.9. The molecule has 0 spiro atoms. The lowest BCUT2D eigenvalue weighted by Gasteiger charge is -2.31. The Morgan fingerprint density at radius 3 is 2.62 bits per heavy atom. The number of hydrogen-bond acceptors (Lipinski definition) is 6. The average Bonchev–Trinajstić information content (AvgIpc) is 3.45. The lowest BCUT2D eigenvalue weighted by atomic mass is 9.86. The number of ether oxygens (including phenoxy) is 2. The topological polar surface area (TPSA) is 98.8 Å². The molecule has 2 atom stereocenters. The van der Waals surface area contributed by atoms with E-state index in [2.05, 4.69) is 10.4 Å². The van der Waals surface area contributed by atoms with Crippen LogP contribution in [-0.4, -0.2) is 72.1 Å². The summed E-state index contributed by atoms with van der Waals surface area (Å²) in [4.78, 5) is 26.3. The van der Waals surface area contributed by atoms with Crippen molar-refractivity contribution in [2.45, 2.75) is 57.9 Å². The summed E-state index contributed by atoms with van der Waals surface area (Å²) in [6.45, 7) is 6.42. The lowest BCUT2D eigenvalue weighted by molar-refractivity contribution is -0.138. The molecule has 0 aromatic carbocycles. The standard InChI is InChI=1S/C25H31F3N4O5/c1-14-9-19-20(22-18(14)12-32(30-22)11-16-3-5-31(6-4-16)15(2)33)21(25(26,27)28)23(37-19)24(34)29-10-17-13-35-7-8-36-17/h12,14,16-17H,3-11,13H2,1-2H3,(H,29,34)/t14-,17+/m0/s1. The maximum absolute atomic E-state index is 14.3. The molecule has 2 aromatic heterocycles. The number of fused-ring (bicyclic) bond motifs is 3. The SMILES string of the molecule is CC(=O)N1CCC(Cn2cc3c(n2)-c2c(oc(C(=O)NC[C@@H]4COCCO4)c2C(F)(F)F)C[C@@H]3C)CC1. The number of amides is 2. The van der Waals surface area contributed by atoms with Gasteiger partial charge in [-0.2, -0.15) is 18.3 Å². The van der Waals surface area contributed by atoms with E-state index in [0.717, 1.165) is 12.8 Å². The molecule has 2 aromatic rings. The van der Waals surface area contributed by atoms with E-state index < -0.39 is 29.5 Å². The van der Waals surface area contributed by atoms with Crippen LogP contribution in [0, 0.1) is 5.92 Å². The number of rotatable bonds is 5. The van der Waals surface area contributed by atoms with Crippen molar-refractivity contribution in [2.75, 3.05) is 39.5 Å². The highest BCUT2D eigenvalue weighted by Gasteiger charge is 2.46. The molecule has 0 unspecified atom stereocenters. The number of nitrogens with zero attached hydrogens (tertiary/aromatic N) is 3. The van der Waals surface area contributed by atoms with Gasteiger partial charge in [-0.15, -0.1) is 0 Å². The van der Waals surface area contributed by atoms with Crippen molar-refractivity contribution in [1.82, 2.24) is 20.0 Å². The zero-order chi connectivity index (χ0) is 26.3. The average molecular weight is 525 g/mol. The fraction of sp³-hybridized carbons (Fsp3) is 0.640. The van der Waals surface area contributed by atoms with Crippen molar-refractivity contribution < 1.29 is 36.7 Å². The summed E-state index contributed by atoms with van der Waals surface area (Å²) in [5.41, 5.74) is -0.309. The van der Waals surface area contributed by atoms with Crippen LogP contribution >= 0.6 is 0 Å². The van der Waals surface area contributed by atoms with Crippen LogP contribution in [0.5, 0.6) is 0 Å². The third-order valence-electron chi connectivity index (χ3n) is 7.40. The van der Waals surface area contributed by atoms with Gasteiger partial charge in [-0.1, -0.05) is 6.92 Å². The Kier molecular flexibility index (Phi) is 7.06. The minimum atomic E-state index is -4.81. The van der Waals surface area contributed by atoms with E-state index in [9.17, 15) is 22.8 Å². The second-order valence-electron chi connectivity index (χ2n) is 10.1. The Morgan fingerprint density at radius 1 is 1.22 bits per heavy atom. The van der Waals surface area contributed by atoms with Gasteiger partial charge in [-0.25, -0.2) is 0 Å². The van der Waals surface area contributed by atoms with E-state index in [0.29, 0.717) is 38.4 Å². The third-order valence-corrected chi connectivity index (χ3v) is 7.40. The molecule has 1 N–H and O–H groups in total. The Labute approximate surface area is 212 Å². The van der Waals surface area contributed by atoms with Crippen molar-refractivity contribution in [3.8, 4) is 11.3 Å². The Balaban J connectivity index is 1.40. The fourth-order valence-corrected chi connectivity index (χ4v) is 5.41. The summed E-state index contributed by atoms with van der Waals surface area (Å²) in [5.74, 6) is -1.37. The number of carbonyl (C=O) groups excluding carboxylic acids is 2. The van der Waals surface area contributed by atoms with Crippen molar-refractivity contribution in [1.29, 1.82) is 0 Å². The third kappa shape index (κ3) is 5.26. The van der Waals surface area contributed by atoms with E-state index >= 15 is 0 Å². The molecule has 37 heavy (non-hydrogen) atoms. The first-order valence-corrected chi connectivity index (χ1v) is 12.7. The minimum Gasteiger partial charge on any atom is -0.455 e. The zero-order valence-electron chi connectivity index (χ0n) is 20.9. The van der Waals surface area contributed by atoms with Crippen LogP contribution in [-0.2, 0) is 33.4 Å². The lowest BCUT2D eigenvalue weighted by Crippen LogP contribution is -2.40. The number of carbonyl (C=O) groups is 2. The van der Waals surface area contributed by atoms with Crippen LogP contribution < -0.4 is 5.32 Å². The monoisotopic (exact) mass is 524 g/mol. The molecule has 2 aliphatic heterocycles. The fourth-order valence-electron chi connectivity index (χ4n) is 5.41. The van der Waals surface area contributed by atoms with Gasteiger partial charge in [0.15, 0.2) is 0 Å². The molecule has 2 saturated heterocycles. The smallest absolute Gasteiger partial charge is 0.420 e. The first kappa shape index (κ1) is 25.8. The van der Waals surface area contributed by atoms with E-state index in [-0.39, 0.29) is 54.3 Å². The molecule has 3 aliphatic rings. The highest BCUT2D eigenvalue weighted by Crippen LogP contribution is 2.48. The molecule has 0 saturated carbocycles. The van der Waals surface area contributed by atoms with Crippen LogP contribution in [0.2, 0.25) is 0 Å². The number of nitrogens with one attached hydrogen (secondary N) is 1. The van der Waals surface area contributed by atoms with Gasteiger partial charge in [0.05, 0.1) is 37.2 Å². The Morgan fingerprint density at radius 2 is 1.97 bits per heavy atom. The van der Waals surface area contributed by atoms with E-state index in [1.807, 2.05) is 13.1 Å². The predicted octanol–water partition coefficient (Wildman–Crippen LogP) is 3.23. The van der Waals surface area contributed by atoms with Crippen molar-refractivity contribution in [3.63, 3.8) is 0 Å². The van der Waals surface area contributed by atoms with E-state index in [1.54, 1.807) is 16.5 Å². The maximum Gasteiger partial charge on any atom is 0.420 e. The number of aromatic nitrogens is 2. The molecule has 4 heterocycles. The van der Waals surface area contributed by atoms with Gasteiger partial charge < -0.3 is 24.1 Å². The van der Waals surface area contributed by atoms with Gasteiger partial charge in [0.25, 0.3) is 5.91 Å². The number of furan rings is 1. The summed E-state index contributed by atoms with van der Waals surface area (Å²) in [6, 6.07) is 0. The second-order valence-corrected chi connectivity index (χ2v) is 10.1. The highest BCUT2D eigenvalue weighted by atomic mass is 19.4. The van der Waals surface area contributed by atoms with Crippen molar-refractivity contribution >= 4 is 11.8 Å². The molecule has 202 valence electrons.